The van der Waals surface area contributed by atoms with E-state index in [9.17, 15) is 13.2 Å². The number of nitrogens with zero attached hydrogens (tertiary/aromatic N) is 1. The monoisotopic (exact) mass is 416 g/mol. The second-order valence-electron chi connectivity index (χ2n) is 5.41. The predicted molar refractivity (Wildman–Crippen MR) is 101 cm³/mol. The fourth-order valence-corrected chi connectivity index (χ4v) is 3.75. The van der Waals surface area contributed by atoms with Crippen molar-refractivity contribution in [2.45, 2.75) is 11.3 Å². The fraction of sp³-hybridized carbons (Fsp3) is 0.235. The Morgan fingerprint density at radius 3 is 2.23 bits per heavy atom. The summed E-state index contributed by atoms with van der Waals surface area (Å²) in [6.45, 7) is 0.391. The Hall–Kier alpha value is -1.64. The van der Waals surface area contributed by atoms with Gasteiger partial charge in [-0.3, -0.25) is 9.63 Å². The van der Waals surface area contributed by atoms with Gasteiger partial charge in [-0.05, 0) is 54.4 Å². The summed E-state index contributed by atoms with van der Waals surface area (Å²) >= 11 is 11.9. The first kappa shape index (κ1) is 20.7. The molecule has 0 aliphatic rings. The molecule has 0 aromatic heterocycles. The van der Waals surface area contributed by atoms with Crippen molar-refractivity contribution in [2.24, 2.45) is 0 Å². The largest absolute Gasteiger partial charge is 0.352 e. The van der Waals surface area contributed by atoms with E-state index < -0.39 is 10.0 Å². The average Bonchev–Trinajstić information content (AvgIpc) is 2.60. The summed E-state index contributed by atoms with van der Waals surface area (Å²) in [5, 5.41) is 3.85. The molecule has 1 amide bonds. The predicted octanol–water partition coefficient (Wildman–Crippen LogP) is 3.15. The Balaban J connectivity index is 1.98. The van der Waals surface area contributed by atoms with Crippen molar-refractivity contribution in [1.29, 1.82) is 0 Å². The van der Waals surface area contributed by atoms with Crippen molar-refractivity contribution in [3.05, 3.63) is 63.6 Å². The number of amides is 1. The van der Waals surface area contributed by atoms with Crippen LogP contribution in [0.5, 0.6) is 0 Å². The van der Waals surface area contributed by atoms with E-state index in [0.29, 0.717) is 28.6 Å². The van der Waals surface area contributed by atoms with E-state index in [1.54, 1.807) is 18.2 Å². The number of hydroxylamine groups is 1. The van der Waals surface area contributed by atoms with Gasteiger partial charge in [0.2, 0.25) is 0 Å². The van der Waals surface area contributed by atoms with Crippen molar-refractivity contribution < 1.29 is 18.0 Å². The molecule has 0 saturated carbocycles. The molecule has 0 spiro atoms. The molecule has 1 N–H and O–H groups in total. The third kappa shape index (κ3) is 5.18. The van der Waals surface area contributed by atoms with Crippen LogP contribution in [-0.4, -0.2) is 39.5 Å². The highest BCUT2D eigenvalue weighted by Gasteiger charge is 2.20. The molecule has 0 heterocycles. The Morgan fingerprint density at radius 2 is 1.69 bits per heavy atom. The SMILES string of the molecule is CON(C)S(=O)(=O)c1ccc(C(=O)NCCc2cc(Cl)cc(Cl)c2)cc1. The average molecular weight is 417 g/mol. The van der Waals surface area contributed by atoms with Crippen molar-refractivity contribution in [3.8, 4) is 0 Å². The summed E-state index contributed by atoms with van der Waals surface area (Å²) < 4.78 is 25.0. The van der Waals surface area contributed by atoms with E-state index >= 15 is 0 Å². The van der Waals surface area contributed by atoms with Crippen LogP contribution in [0.3, 0.4) is 0 Å². The molecular formula is C17H18Cl2N2O4S. The number of rotatable bonds is 7. The van der Waals surface area contributed by atoms with Crippen molar-refractivity contribution >= 4 is 39.1 Å². The van der Waals surface area contributed by atoms with Crippen LogP contribution >= 0.6 is 23.2 Å². The van der Waals surface area contributed by atoms with Gasteiger partial charge in [0.25, 0.3) is 15.9 Å². The van der Waals surface area contributed by atoms with Crippen LogP contribution in [0.4, 0.5) is 0 Å². The van der Waals surface area contributed by atoms with Crippen LogP contribution in [0.25, 0.3) is 0 Å². The third-order valence-corrected chi connectivity index (χ3v) is 5.76. The molecule has 0 radical (unpaired) electrons. The Morgan fingerprint density at radius 1 is 1.12 bits per heavy atom. The molecule has 6 nitrogen and oxygen atoms in total. The van der Waals surface area contributed by atoms with Crippen molar-refractivity contribution in [2.75, 3.05) is 20.7 Å². The third-order valence-electron chi connectivity index (χ3n) is 3.63. The summed E-state index contributed by atoms with van der Waals surface area (Å²) in [7, 11) is -1.19. The van der Waals surface area contributed by atoms with E-state index in [0.717, 1.165) is 10.0 Å². The first-order chi connectivity index (χ1) is 12.2. The molecule has 0 aliphatic heterocycles. The molecule has 2 aromatic carbocycles. The first-order valence-corrected chi connectivity index (χ1v) is 9.80. The number of hydrogen-bond donors (Lipinski definition) is 1. The summed E-state index contributed by atoms with van der Waals surface area (Å²) in [6.07, 6.45) is 0.567. The molecular weight excluding hydrogens is 399 g/mol. The highest BCUT2D eigenvalue weighted by Crippen LogP contribution is 2.19. The Labute approximate surface area is 162 Å². The molecule has 26 heavy (non-hydrogen) atoms. The van der Waals surface area contributed by atoms with Gasteiger partial charge in [0, 0.05) is 29.2 Å². The van der Waals surface area contributed by atoms with E-state index in [2.05, 4.69) is 5.32 Å². The van der Waals surface area contributed by atoms with Gasteiger partial charge in [-0.15, -0.1) is 0 Å². The number of carbonyl (C=O) groups excluding carboxylic acids is 1. The molecule has 0 bridgehead atoms. The minimum absolute atomic E-state index is 0.0342. The zero-order valence-corrected chi connectivity index (χ0v) is 16.5. The van der Waals surface area contributed by atoms with E-state index in [1.807, 2.05) is 0 Å². The highest BCUT2D eigenvalue weighted by molar-refractivity contribution is 7.89. The van der Waals surface area contributed by atoms with E-state index in [4.69, 9.17) is 28.0 Å². The summed E-state index contributed by atoms with van der Waals surface area (Å²) in [6, 6.07) is 10.8. The number of carbonyl (C=O) groups is 1. The lowest BCUT2D eigenvalue weighted by molar-refractivity contribution is -0.0258. The van der Waals surface area contributed by atoms with Crippen LogP contribution in [0.1, 0.15) is 15.9 Å². The topological polar surface area (TPSA) is 75.7 Å². The maximum absolute atomic E-state index is 12.2. The molecule has 2 rings (SSSR count). The maximum atomic E-state index is 12.2. The second kappa shape index (κ2) is 8.83. The lowest BCUT2D eigenvalue weighted by Crippen LogP contribution is -2.27. The lowest BCUT2D eigenvalue weighted by atomic mass is 10.1. The number of hydrogen-bond acceptors (Lipinski definition) is 4. The Bertz CT molecular complexity index is 866. The normalized spacial score (nSPS) is 11.6. The van der Waals surface area contributed by atoms with Gasteiger partial charge >= 0.3 is 0 Å². The van der Waals surface area contributed by atoms with Gasteiger partial charge in [-0.2, -0.15) is 0 Å². The van der Waals surface area contributed by atoms with Crippen LogP contribution in [0.15, 0.2) is 47.4 Å². The second-order valence-corrected chi connectivity index (χ2v) is 8.21. The minimum atomic E-state index is -3.74. The number of sulfonamides is 1. The number of halogens is 2. The quantitative estimate of drug-likeness (QED) is 0.703. The molecule has 0 aliphatic carbocycles. The van der Waals surface area contributed by atoms with Crippen LogP contribution in [0.2, 0.25) is 10.0 Å². The molecule has 0 fully saturated rings. The van der Waals surface area contributed by atoms with Crippen LogP contribution in [-0.2, 0) is 21.3 Å². The molecule has 0 saturated heterocycles. The van der Waals surface area contributed by atoms with Gasteiger partial charge in [-0.25, -0.2) is 8.42 Å². The molecule has 140 valence electrons. The van der Waals surface area contributed by atoms with Crippen molar-refractivity contribution in [1.82, 2.24) is 9.79 Å². The zero-order chi connectivity index (χ0) is 19.3. The molecule has 9 heteroatoms. The summed E-state index contributed by atoms with van der Waals surface area (Å²) in [5.41, 5.74) is 1.26. The van der Waals surface area contributed by atoms with Crippen LogP contribution in [0, 0.1) is 0 Å². The molecule has 0 atom stereocenters. The molecule has 2 aromatic rings. The van der Waals surface area contributed by atoms with E-state index in [1.165, 1.54) is 38.4 Å². The summed E-state index contributed by atoms with van der Waals surface area (Å²) in [4.78, 5) is 16.9. The number of nitrogens with one attached hydrogen (secondary N) is 1. The highest BCUT2D eigenvalue weighted by atomic mass is 35.5. The first-order valence-electron chi connectivity index (χ1n) is 7.60. The fourth-order valence-electron chi connectivity index (χ4n) is 2.20. The lowest BCUT2D eigenvalue weighted by Gasteiger charge is -2.14. The van der Waals surface area contributed by atoms with Gasteiger partial charge in [-0.1, -0.05) is 27.7 Å². The van der Waals surface area contributed by atoms with E-state index in [-0.39, 0.29) is 10.8 Å². The van der Waals surface area contributed by atoms with Gasteiger partial charge in [0.05, 0.1) is 12.0 Å². The van der Waals surface area contributed by atoms with Crippen LogP contribution < -0.4 is 5.32 Å². The summed E-state index contributed by atoms with van der Waals surface area (Å²) in [5.74, 6) is -0.304. The van der Waals surface area contributed by atoms with Gasteiger partial charge in [0.1, 0.15) is 0 Å². The number of benzene rings is 2. The smallest absolute Gasteiger partial charge is 0.264 e. The minimum Gasteiger partial charge on any atom is -0.352 e. The Kier molecular flexibility index (Phi) is 7.02. The van der Waals surface area contributed by atoms with Gasteiger partial charge in [0.15, 0.2) is 0 Å². The molecule has 0 unspecified atom stereocenters. The zero-order valence-electron chi connectivity index (χ0n) is 14.2. The standard InChI is InChI=1S/C17H18Cl2N2O4S/c1-21(25-2)26(23,24)16-5-3-13(4-6-16)17(22)20-8-7-12-9-14(18)11-15(19)10-12/h3-6,9-11H,7-8H2,1-2H3,(H,20,22). The van der Waals surface area contributed by atoms with Gasteiger partial charge < -0.3 is 5.32 Å². The van der Waals surface area contributed by atoms with Crippen molar-refractivity contribution in [3.63, 3.8) is 0 Å². The maximum Gasteiger partial charge on any atom is 0.264 e.